The van der Waals surface area contributed by atoms with E-state index in [1.54, 1.807) is 12.3 Å². The fourth-order valence-corrected chi connectivity index (χ4v) is 3.04. The highest BCUT2D eigenvalue weighted by Crippen LogP contribution is 2.49. The molecule has 0 saturated carbocycles. The van der Waals surface area contributed by atoms with Crippen molar-refractivity contribution >= 4 is 35.0 Å². The molecular formula is C18H25ClN2O6. The molecule has 0 aliphatic carbocycles. The quantitative estimate of drug-likeness (QED) is 0.764. The lowest BCUT2D eigenvalue weighted by Gasteiger charge is -2.27. The number of furan rings is 1. The summed E-state index contributed by atoms with van der Waals surface area (Å²) in [6.07, 6.45) is 1.55. The van der Waals surface area contributed by atoms with Gasteiger partial charge in [0.05, 0.1) is 39.1 Å². The molecule has 2 aromatic rings. The van der Waals surface area contributed by atoms with E-state index in [1.165, 1.54) is 21.1 Å². The van der Waals surface area contributed by atoms with Gasteiger partial charge in [0, 0.05) is 26.6 Å². The number of nitrogens with one attached hydrogen (secondary N) is 1. The Bertz CT molecular complexity index is 773. The van der Waals surface area contributed by atoms with E-state index in [1.807, 2.05) is 0 Å². The number of benzene rings is 1. The van der Waals surface area contributed by atoms with Gasteiger partial charge in [-0.3, -0.25) is 9.69 Å². The Kier molecular flexibility index (Phi) is 7.58. The number of amides is 1. The Morgan fingerprint density at radius 2 is 1.89 bits per heavy atom. The smallest absolute Gasteiger partial charge is 0.221 e. The monoisotopic (exact) mass is 400 g/mol. The van der Waals surface area contributed by atoms with E-state index in [9.17, 15) is 4.79 Å². The van der Waals surface area contributed by atoms with Gasteiger partial charge in [-0.05, 0) is 6.07 Å². The highest BCUT2D eigenvalue weighted by molar-refractivity contribution is 6.03. The highest BCUT2D eigenvalue weighted by atomic mass is 35.5. The van der Waals surface area contributed by atoms with E-state index in [2.05, 4.69) is 10.2 Å². The van der Waals surface area contributed by atoms with Crippen LogP contribution in [0.2, 0.25) is 0 Å². The van der Waals surface area contributed by atoms with Crippen LogP contribution in [-0.2, 0) is 9.53 Å². The Balaban J connectivity index is 0.00000261. The predicted octanol–water partition coefficient (Wildman–Crippen LogP) is 2.54. The summed E-state index contributed by atoms with van der Waals surface area (Å²) in [5, 5.41) is 3.50. The number of methoxy groups -OCH3 is 2. The molecule has 150 valence electrons. The molecule has 1 N–H and O–H groups in total. The summed E-state index contributed by atoms with van der Waals surface area (Å²) < 4.78 is 28.0. The molecule has 1 aromatic carbocycles. The highest BCUT2D eigenvalue weighted by Gasteiger charge is 2.25. The van der Waals surface area contributed by atoms with Gasteiger partial charge in [-0.2, -0.15) is 0 Å². The fourth-order valence-electron chi connectivity index (χ4n) is 3.04. The molecule has 0 atom stereocenters. The molecule has 9 heteroatoms. The van der Waals surface area contributed by atoms with Crippen LogP contribution in [0.4, 0.5) is 5.69 Å². The van der Waals surface area contributed by atoms with E-state index in [0.717, 1.165) is 32.8 Å². The zero-order valence-corrected chi connectivity index (χ0v) is 16.5. The first-order valence-electron chi connectivity index (χ1n) is 8.51. The van der Waals surface area contributed by atoms with Crippen molar-refractivity contribution in [2.75, 3.05) is 59.0 Å². The Morgan fingerprint density at radius 1 is 1.19 bits per heavy atom. The summed E-state index contributed by atoms with van der Waals surface area (Å²) in [7, 11) is 3.08. The maximum Gasteiger partial charge on any atom is 0.221 e. The van der Waals surface area contributed by atoms with Gasteiger partial charge in [0.15, 0.2) is 17.1 Å². The molecule has 1 saturated heterocycles. The zero-order chi connectivity index (χ0) is 18.5. The van der Waals surface area contributed by atoms with Crippen LogP contribution >= 0.6 is 12.4 Å². The molecule has 8 nitrogen and oxygen atoms in total. The Labute approximate surface area is 164 Å². The summed E-state index contributed by atoms with van der Waals surface area (Å²) in [5.41, 5.74) is 0.951. The SMILES string of the molecule is COc1c(NC(C)=O)c(OCCN2CCOCC2)c(OC)c2occc12.Cl. The van der Waals surface area contributed by atoms with E-state index < -0.39 is 0 Å². The number of halogens is 1. The molecule has 0 unspecified atom stereocenters. The van der Waals surface area contributed by atoms with Crippen LogP contribution < -0.4 is 19.5 Å². The molecule has 27 heavy (non-hydrogen) atoms. The Morgan fingerprint density at radius 3 is 2.52 bits per heavy atom. The van der Waals surface area contributed by atoms with E-state index in [4.69, 9.17) is 23.4 Å². The summed E-state index contributed by atoms with van der Waals surface area (Å²) in [6.45, 7) is 5.81. The first-order valence-corrected chi connectivity index (χ1v) is 8.51. The second kappa shape index (κ2) is 9.68. The van der Waals surface area contributed by atoms with Crippen molar-refractivity contribution in [3.8, 4) is 17.2 Å². The lowest BCUT2D eigenvalue weighted by molar-refractivity contribution is -0.114. The van der Waals surface area contributed by atoms with Gasteiger partial charge in [-0.25, -0.2) is 0 Å². The van der Waals surface area contributed by atoms with Crippen LogP contribution in [0.5, 0.6) is 17.2 Å². The van der Waals surface area contributed by atoms with Crippen molar-refractivity contribution in [1.29, 1.82) is 0 Å². The number of carbonyl (C=O) groups is 1. The second-order valence-corrected chi connectivity index (χ2v) is 5.92. The van der Waals surface area contributed by atoms with Gasteiger partial charge in [0.1, 0.15) is 12.3 Å². The van der Waals surface area contributed by atoms with Crippen molar-refractivity contribution in [3.05, 3.63) is 12.3 Å². The number of rotatable bonds is 7. The van der Waals surface area contributed by atoms with Crippen LogP contribution in [-0.4, -0.2) is 64.5 Å². The van der Waals surface area contributed by atoms with Gasteiger partial charge in [0.25, 0.3) is 0 Å². The average molecular weight is 401 g/mol. The largest absolute Gasteiger partial charge is 0.494 e. The summed E-state index contributed by atoms with van der Waals surface area (Å²) >= 11 is 0. The van der Waals surface area contributed by atoms with Crippen molar-refractivity contribution < 1.29 is 28.2 Å². The third-order valence-electron chi connectivity index (χ3n) is 4.24. The molecule has 0 bridgehead atoms. The Hall–Kier alpha value is -2.16. The molecule has 2 heterocycles. The minimum atomic E-state index is -0.230. The minimum Gasteiger partial charge on any atom is -0.494 e. The van der Waals surface area contributed by atoms with Gasteiger partial charge < -0.3 is 28.7 Å². The average Bonchev–Trinajstić information content (AvgIpc) is 3.11. The van der Waals surface area contributed by atoms with E-state index >= 15 is 0 Å². The number of hydrogen-bond acceptors (Lipinski definition) is 7. The molecule has 1 fully saturated rings. The normalized spacial score (nSPS) is 14.5. The van der Waals surface area contributed by atoms with Crippen LogP contribution in [0.15, 0.2) is 16.7 Å². The minimum absolute atomic E-state index is 0. The van der Waals surface area contributed by atoms with Gasteiger partial charge in [-0.15, -0.1) is 12.4 Å². The molecule has 0 radical (unpaired) electrons. The zero-order valence-electron chi connectivity index (χ0n) is 15.7. The molecule has 1 aliphatic heterocycles. The van der Waals surface area contributed by atoms with Crippen molar-refractivity contribution in [1.82, 2.24) is 4.90 Å². The van der Waals surface area contributed by atoms with Crippen LogP contribution in [0.3, 0.4) is 0 Å². The van der Waals surface area contributed by atoms with Crippen molar-refractivity contribution in [2.24, 2.45) is 0 Å². The molecular weight excluding hydrogens is 376 g/mol. The summed E-state index contributed by atoms with van der Waals surface area (Å²) in [5.74, 6) is 1.07. The first kappa shape index (κ1) is 21.1. The number of nitrogens with zero attached hydrogens (tertiary/aromatic N) is 1. The number of anilines is 1. The third-order valence-corrected chi connectivity index (χ3v) is 4.24. The summed E-state index contributed by atoms with van der Waals surface area (Å²) in [4.78, 5) is 14.0. The topological polar surface area (TPSA) is 82.4 Å². The van der Waals surface area contributed by atoms with E-state index in [0.29, 0.717) is 40.5 Å². The van der Waals surface area contributed by atoms with Gasteiger partial charge in [0.2, 0.25) is 11.7 Å². The number of hydrogen-bond donors (Lipinski definition) is 1. The van der Waals surface area contributed by atoms with Crippen LogP contribution in [0.25, 0.3) is 11.0 Å². The van der Waals surface area contributed by atoms with Gasteiger partial charge in [-0.1, -0.05) is 0 Å². The predicted molar refractivity (Wildman–Crippen MR) is 104 cm³/mol. The lowest BCUT2D eigenvalue weighted by atomic mass is 10.1. The first-order chi connectivity index (χ1) is 12.7. The maximum absolute atomic E-state index is 11.7. The van der Waals surface area contributed by atoms with Crippen LogP contribution in [0, 0.1) is 0 Å². The standard InChI is InChI=1S/C18H24N2O6.ClH/c1-12(21)19-14-15(22-2)13-4-8-25-16(13)18(23-3)17(14)26-11-7-20-5-9-24-10-6-20;/h4,8H,5-7,9-11H2,1-3H3,(H,19,21);1H. The second-order valence-electron chi connectivity index (χ2n) is 5.92. The molecule has 1 aromatic heterocycles. The van der Waals surface area contributed by atoms with Gasteiger partial charge >= 0.3 is 0 Å². The van der Waals surface area contributed by atoms with Crippen molar-refractivity contribution in [3.63, 3.8) is 0 Å². The number of carbonyl (C=O) groups excluding carboxylic acids is 1. The molecule has 3 rings (SSSR count). The van der Waals surface area contributed by atoms with E-state index in [-0.39, 0.29) is 18.3 Å². The molecule has 0 spiro atoms. The molecule has 1 aliphatic rings. The third kappa shape index (κ3) is 4.58. The molecule has 1 amide bonds. The lowest BCUT2D eigenvalue weighted by Crippen LogP contribution is -2.38. The fraction of sp³-hybridized carbons (Fsp3) is 0.500. The summed E-state index contributed by atoms with van der Waals surface area (Å²) in [6, 6.07) is 1.76. The van der Waals surface area contributed by atoms with Crippen LogP contribution in [0.1, 0.15) is 6.92 Å². The number of morpholine rings is 1. The number of ether oxygens (including phenoxy) is 4. The maximum atomic E-state index is 11.7. The number of fused-ring (bicyclic) bond motifs is 1. The van der Waals surface area contributed by atoms with Crippen molar-refractivity contribution in [2.45, 2.75) is 6.92 Å².